The highest BCUT2D eigenvalue weighted by Crippen LogP contribution is 2.45. The lowest BCUT2D eigenvalue weighted by Crippen LogP contribution is -1.95. The zero-order chi connectivity index (χ0) is 37.0. The standard InChI is InChI=1S/C52H32N4/c1-2-13-34-30-37(23-22-33(34)12-1)50-41-18-5-3-16-39(41)49(40-17-4-6-19-42(40)50)36-15-11-14-35(31-36)44-32-38-24-26-47(45-20-7-9-28-53-45)55-51(38)52-43(44)25-27-48(56-52)46-21-8-10-29-54-46/h1-32H. The molecule has 0 bridgehead atoms. The molecule has 4 aromatic heterocycles. The Bertz CT molecular complexity index is 3250. The van der Waals surface area contributed by atoms with Crippen molar-refractivity contribution in [2.45, 2.75) is 0 Å². The first-order valence-corrected chi connectivity index (χ1v) is 18.9. The Morgan fingerprint density at radius 3 is 1.46 bits per heavy atom. The lowest BCUT2D eigenvalue weighted by Gasteiger charge is -2.19. The van der Waals surface area contributed by atoms with Crippen molar-refractivity contribution in [1.82, 2.24) is 19.9 Å². The van der Waals surface area contributed by atoms with Crippen LogP contribution in [0.2, 0.25) is 0 Å². The second-order valence-electron chi connectivity index (χ2n) is 14.2. The number of hydrogen-bond donors (Lipinski definition) is 0. The SMILES string of the molecule is c1ccc(-c2ccc3cc(-c4cccc(-c5c6ccccc6c(-c6ccc7ccccc7c6)c6ccccc56)c4)c4ccc(-c5ccccn5)nc4c3n2)nc1. The average molecular weight is 713 g/mol. The van der Waals surface area contributed by atoms with Crippen molar-refractivity contribution < 1.29 is 0 Å². The second-order valence-corrected chi connectivity index (χ2v) is 14.2. The molecular weight excluding hydrogens is 681 g/mol. The van der Waals surface area contributed by atoms with Gasteiger partial charge >= 0.3 is 0 Å². The van der Waals surface area contributed by atoms with Gasteiger partial charge in [0.2, 0.25) is 0 Å². The molecule has 0 aliphatic heterocycles. The van der Waals surface area contributed by atoms with Crippen LogP contribution in [0.5, 0.6) is 0 Å². The van der Waals surface area contributed by atoms with E-state index in [2.05, 4.69) is 156 Å². The van der Waals surface area contributed by atoms with Crippen molar-refractivity contribution in [3.8, 4) is 56.2 Å². The van der Waals surface area contributed by atoms with Crippen molar-refractivity contribution in [2.24, 2.45) is 0 Å². The van der Waals surface area contributed by atoms with E-state index >= 15 is 0 Å². The van der Waals surface area contributed by atoms with Crippen LogP contribution < -0.4 is 0 Å². The zero-order valence-corrected chi connectivity index (χ0v) is 30.3. The van der Waals surface area contributed by atoms with Crippen molar-refractivity contribution in [1.29, 1.82) is 0 Å². The van der Waals surface area contributed by atoms with E-state index in [1.54, 1.807) is 12.4 Å². The monoisotopic (exact) mass is 712 g/mol. The van der Waals surface area contributed by atoms with Gasteiger partial charge in [0.1, 0.15) is 0 Å². The van der Waals surface area contributed by atoms with E-state index in [1.165, 1.54) is 49.0 Å². The van der Waals surface area contributed by atoms with E-state index < -0.39 is 0 Å². The lowest BCUT2D eigenvalue weighted by atomic mass is 9.85. The molecular formula is C52H32N4. The van der Waals surface area contributed by atoms with E-state index in [1.807, 2.05) is 36.4 Å². The van der Waals surface area contributed by atoms with Crippen LogP contribution in [0, 0.1) is 0 Å². The number of benzene rings is 7. The predicted octanol–water partition coefficient (Wildman–Crippen LogP) is 13.4. The first-order valence-electron chi connectivity index (χ1n) is 18.9. The van der Waals surface area contributed by atoms with Gasteiger partial charge in [-0.2, -0.15) is 0 Å². The maximum Gasteiger partial charge on any atom is 0.0979 e. The first-order chi connectivity index (χ1) is 27.8. The molecule has 260 valence electrons. The average Bonchev–Trinajstić information content (AvgIpc) is 3.28. The van der Waals surface area contributed by atoms with Gasteiger partial charge in [0, 0.05) is 23.2 Å². The van der Waals surface area contributed by atoms with Crippen LogP contribution in [-0.4, -0.2) is 19.9 Å². The third-order valence-electron chi connectivity index (χ3n) is 10.9. The zero-order valence-electron chi connectivity index (χ0n) is 30.3. The molecule has 4 heteroatoms. The highest BCUT2D eigenvalue weighted by Gasteiger charge is 2.19. The third-order valence-corrected chi connectivity index (χ3v) is 10.9. The minimum Gasteiger partial charge on any atom is -0.255 e. The molecule has 0 saturated carbocycles. The van der Waals surface area contributed by atoms with E-state index in [0.29, 0.717) is 0 Å². The van der Waals surface area contributed by atoms with Crippen LogP contribution in [0.3, 0.4) is 0 Å². The second kappa shape index (κ2) is 13.1. The number of aromatic nitrogens is 4. The van der Waals surface area contributed by atoms with Gasteiger partial charge in [-0.25, -0.2) is 9.97 Å². The summed E-state index contributed by atoms with van der Waals surface area (Å²) in [5.74, 6) is 0. The summed E-state index contributed by atoms with van der Waals surface area (Å²) in [5, 5.41) is 9.44. The number of rotatable bonds is 5. The van der Waals surface area contributed by atoms with Gasteiger partial charge < -0.3 is 0 Å². The Kier molecular flexibility index (Phi) is 7.46. The van der Waals surface area contributed by atoms with Gasteiger partial charge in [-0.15, -0.1) is 0 Å². The van der Waals surface area contributed by atoms with Crippen molar-refractivity contribution in [3.63, 3.8) is 0 Å². The Morgan fingerprint density at radius 1 is 0.286 bits per heavy atom. The fourth-order valence-corrected chi connectivity index (χ4v) is 8.36. The fraction of sp³-hybridized carbons (Fsp3) is 0. The maximum absolute atomic E-state index is 5.27. The quantitative estimate of drug-likeness (QED) is 0.132. The van der Waals surface area contributed by atoms with E-state index in [4.69, 9.17) is 9.97 Å². The van der Waals surface area contributed by atoms with Gasteiger partial charge in [-0.1, -0.05) is 121 Å². The van der Waals surface area contributed by atoms with Gasteiger partial charge in [0.25, 0.3) is 0 Å². The number of pyridine rings is 4. The summed E-state index contributed by atoms with van der Waals surface area (Å²) >= 11 is 0. The predicted molar refractivity (Wildman–Crippen MR) is 232 cm³/mol. The molecule has 7 aromatic carbocycles. The first kappa shape index (κ1) is 31.9. The maximum atomic E-state index is 5.27. The largest absolute Gasteiger partial charge is 0.255 e. The smallest absolute Gasteiger partial charge is 0.0979 e. The lowest BCUT2D eigenvalue weighted by molar-refractivity contribution is 1.26. The molecule has 11 rings (SSSR count). The summed E-state index contributed by atoms with van der Waals surface area (Å²) < 4.78 is 0. The highest BCUT2D eigenvalue weighted by molar-refractivity contribution is 6.22. The molecule has 0 aliphatic carbocycles. The van der Waals surface area contributed by atoms with Crippen molar-refractivity contribution in [2.75, 3.05) is 0 Å². The number of hydrogen-bond acceptors (Lipinski definition) is 4. The Hall–Kier alpha value is -7.56. The molecule has 4 heterocycles. The van der Waals surface area contributed by atoms with Crippen LogP contribution in [0.25, 0.3) is 110 Å². The number of fused-ring (bicyclic) bond motifs is 6. The van der Waals surface area contributed by atoms with Gasteiger partial charge in [-0.3, -0.25) is 9.97 Å². The van der Waals surface area contributed by atoms with Crippen LogP contribution in [0.15, 0.2) is 194 Å². The molecule has 0 aliphatic rings. The highest BCUT2D eigenvalue weighted by atomic mass is 14.8. The topological polar surface area (TPSA) is 51.6 Å². The minimum atomic E-state index is 0.805. The Morgan fingerprint density at radius 2 is 0.821 bits per heavy atom. The molecule has 0 amide bonds. The van der Waals surface area contributed by atoms with Crippen LogP contribution in [-0.2, 0) is 0 Å². The molecule has 11 aromatic rings. The molecule has 56 heavy (non-hydrogen) atoms. The molecule has 0 saturated heterocycles. The van der Waals surface area contributed by atoms with Crippen molar-refractivity contribution in [3.05, 3.63) is 194 Å². The van der Waals surface area contributed by atoms with Gasteiger partial charge in [0.05, 0.1) is 33.8 Å². The third kappa shape index (κ3) is 5.31. The summed E-state index contributed by atoms with van der Waals surface area (Å²) in [6.45, 7) is 0. The summed E-state index contributed by atoms with van der Waals surface area (Å²) in [7, 11) is 0. The van der Waals surface area contributed by atoms with Crippen molar-refractivity contribution >= 4 is 54.1 Å². The van der Waals surface area contributed by atoms with Crippen LogP contribution in [0.1, 0.15) is 0 Å². The molecule has 0 spiro atoms. The van der Waals surface area contributed by atoms with Gasteiger partial charge in [0.15, 0.2) is 0 Å². The summed E-state index contributed by atoms with van der Waals surface area (Å²) in [6.07, 6.45) is 3.61. The molecule has 0 N–H and O–H groups in total. The molecule has 0 unspecified atom stereocenters. The minimum absolute atomic E-state index is 0.805. The normalized spacial score (nSPS) is 11.6. The molecule has 0 radical (unpaired) electrons. The molecule has 0 atom stereocenters. The van der Waals surface area contributed by atoms with E-state index in [-0.39, 0.29) is 0 Å². The fourth-order valence-electron chi connectivity index (χ4n) is 8.36. The molecule has 4 nitrogen and oxygen atoms in total. The number of nitrogens with zero attached hydrogens (tertiary/aromatic N) is 4. The Balaban J connectivity index is 1.14. The van der Waals surface area contributed by atoms with Crippen LogP contribution in [0.4, 0.5) is 0 Å². The summed E-state index contributed by atoms with van der Waals surface area (Å²) in [5.41, 5.74) is 12.0. The summed E-state index contributed by atoms with van der Waals surface area (Å²) in [6, 6.07) is 64.6. The molecule has 0 fully saturated rings. The Labute approximate surface area is 323 Å². The summed E-state index contributed by atoms with van der Waals surface area (Å²) in [4.78, 5) is 19.7. The van der Waals surface area contributed by atoms with Gasteiger partial charge in [-0.05, 0) is 126 Å². The van der Waals surface area contributed by atoms with E-state index in [0.717, 1.165) is 61.3 Å². The van der Waals surface area contributed by atoms with Crippen LogP contribution >= 0.6 is 0 Å². The van der Waals surface area contributed by atoms with E-state index in [9.17, 15) is 0 Å².